The lowest BCUT2D eigenvalue weighted by molar-refractivity contribution is 0.382. The third-order valence-corrected chi connectivity index (χ3v) is 3.74. The van der Waals surface area contributed by atoms with Crippen LogP contribution < -0.4 is 10.1 Å². The Morgan fingerprint density at radius 2 is 1.95 bits per heavy atom. The highest BCUT2D eigenvalue weighted by Gasteiger charge is 2.14. The van der Waals surface area contributed by atoms with Crippen LogP contribution in [-0.4, -0.2) is 20.2 Å². The summed E-state index contributed by atoms with van der Waals surface area (Å²) in [7, 11) is 3.36. The summed E-state index contributed by atoms with van der Waals surface area (Å²) in [6, 6.07) is 13.1. The van der Waals surface area contributed by atoms with Crippen molar-refractivity contribution in [3.8, 4) is 5.75 Å². The minimum Gasteiger partial charge on any atom is -0.494 e. The van der Waals surface area contributed by atoms with E-state index in [2.05, 4.69) is 5.32 Å². The molecule has 0 amide bonds. The number of halogens is 2. The van der Waals surface area contributed by atoms with E-state index in [0.29, 0.717) is 12.0 Å². The van der Waals surface area contributed by atoms with Crippen molar-refractivity contribution in [3.05, 3.63) is 64.4 Å². The van der Waals surface area contributed by atoms with Crippen LogP contribution in [0.25, 0.3) is 0 Å². The van der Waals surface area contributed by atoms with Gasteiger partial charge in [-0.3, -0.25) is 0 Å². The zero-order valence-electron chi connectivity index (χ0n) is 12.2. The summed E-state index contributed by atoms with van der Waals surface area (Å²) in [5, 5.41) is 3.95. The molecule has 1 unspecified atom stereocenters. The van der Waals surface area contributed by atoms with Crippen molar-refractivity contribution in [2.24, 2.45) is 0 Å². The lowest BCUT2D eigenvalue weighted by atomic mass is 9.98. The van der Waals surface area contributed by atoms with E-state index in [-0.39, 0.29) is 17.6 Å². The Morgan fingerprint density at radius 1 is 1.19 bits per heavy atom. The predicted octanol–water partition coefficient (Wildman–Crippen LogP) is 3.86. The molecule has 0 fully saturated rings. The smallest absolute Gasteiger partial charge is 0.168 e. The van der Waals surface area contributed by atoms with Gasteiger partial charge >= 0.3 is 0 Å². The first kappa shape index (κ1) is 15.8. The number of rotatable bonds is 6. The quantitative estimate of drug-likeness (QED) is 0.875. The molecular formula is C17H19ClFNO. The summed E-state index contributed by atoms with van der Waals surface area (Å²) in [6.07, 6.45) is 1.37. The SMILES string of the molecule is CNC(Cc1cccc(Cl)c1)Cc1cccc(OC)c1F. The van der Waals surface area contributed by atoms with Gasteiger partial charge in [-0.2, -0.15) is 0 Å². The van der Waals surface area contributed by atoms with Gasteiger partial charge in [-0.15, -0.1) is 0 Å². The van der Waals surface area contributed by atoms with E-state index in [1.165, 1.54) is 7.11 Å². The molecule has 1 atom stereocenters. The van der Waals surface area contributed by atoms with Crippen molar-refractivity contribution in [2.75, 3.05) is 14.2 Å². The number of benzene rings is 2. The van der Waals surface area contributed by atoms with Gasteiger partial charge < -0.3 is 10.1 Å². The van der Waals surface area contributed by atoms with E-state index in [9.17, 15) is 4.39 Å². The van der Waals surface area contributed by atoms with Crippen LogP contribution in [0.15, 0.2) is 42.5 Å². The van der Waals surface area contributed by atoms with E-state index in [0.717, 1.165) is 17.0 Å². The second-order valence-electron chi connectivity index (χ2n) is 4.96. The minimum absolute atomic E-state index is 0.130. The maximum atomic E-state index is 14.2. The average molecular weight is 308 g/mol. The highest BCUT2D eigenvalue weighted by Crippen LogP contribution is 2.22. The monoisotopic (exact) mass is 307 g/mol. The van der Waals surface area contributed by atoms with Crippen LogP contribution in [0, 0.1) is 5.82 Å². The fourth-order valence-electron chi connectivity index (χ4n) is 2.36. The summed E-state index contributed by atoms with van der Waals surface area (Å²) in [5.74, 6) is -0.00328. The first-order valence-corrected chi connectivity index (χ1v) is 7.25. The molecule has 0 spiro atoms. The molecule has 4 heteroatoms. The summed E-state index contributed by atoms with van der Waals surface area (Å²) >= 11 is 6.00. The second kappa shape index (κ2) is 7.43. The summed E-state index contributed by atoms with van der Waals surface area (Å²) in [6.45, 7) is 0. The zero-order chi connectivity index (χ0) is 15.2. The molecule has 0 saturated carbocycles. The van der Waals surface area contributed by atoms with Crippen LogP contribution in [0.4, 0.5) is 4.39 Å². The minimum atomic E-state index is -0.286. The van der Waals surface area contributed by atoms with Crippen LogP contribution >= 0.6 is 11.6 Å². The Labute approximate surface area is 129 Å². The van der Waals surface area contributed by atoms with Crippen molar-refractivity contribution in [3.63, 3.8) is 0 Å². The molecule has 0 saturated heterocycles. The molecule has 112 valence electrons. The number of ether oxygens (including phenoxy) is 1. The Bertz CT molecular complexity index is 603. The molecule has 0 bridgehead atoms. The Balaban J connectivity index is 2.12. The molecule has 21 heavy (non-hydrogen) atoms. The summed E-state index contributed by atoms with van der Waals surface area (Å²) in [4.78, 5) is 0. The molecule has 2 nitrogen and oxygen atoms in total. The number of hydrogen-bond donors (Lipinski definition) is 1. The highest BCUT2D eigenvalue weighted by molar-refractivity contribution is 6.30. The van der Waals surface area contributed by atoms with Gasteiger partial charge in [0.2, 0.25) is 0 Å². The summed E-state index contributed by atoms with van der Waals surface area (Å²) in [5.41, 5.74) is 1.78. The second-order valence-corrected chi connectivity index (χ2v) is 5.39. The van der Waals surface area contributed by atoms with Gasteiger partial charge in [0.05, 0.1) is 7.11 Å². The molecule has 0 aliphatic carbocycles. The highest BCUT2D eigenvalue weighted by atomic mass is 35.5. The number of methoxy groups -OCH3 is 1. The van der Waals surface area contributed by atoms with Crippen molar-refractivity contribution in [2.45, 2.75) is 18.9 Å². The fraction of sp³-hybridized carbons (Fsp3) is 0.294. The third-order valence-electron chi connectivity index (χ3n) is 3.51. The van der Waals surface area contributed by atoms with Gasteiger partial charge in [0.15, 0.2) is 11.6 Å². The van der Waals surface area contributed by atoms with Gasteiger partial charge in [0, 0.05) is 11.1 Å². The van der Waals surface area contributed by atoms with Gasteiger partial charge in [-0.25, -0.2) is 4.39 Å². The predicted molar refractivity (Wildman–Crippen MR) is 84.7 cm³/mol. The molecule has 2 aromatic rings. The first-order chi connectivity index (χ1) is 10.1. The maximum absolute atomic E-state index is 14.2. The van der Waals surface area contributed by atoms with E-state index >= 15 is 0 Å². The van der Waals surface area contributed by atoms with E-state index < -0.39 is 0 Å². The van der Waals surface area contributed by atoms with Gasteiger partial charge in [0.1, 0.15) is 0 Å². The molecule has 0 aliphatic rings. The normalized spacial score (nSPS) is 12.2. The molecule has 0 aliphatic heterocycles. The van der Waals surface area contributed by atoms with Crippen molar-refractivity contribution >= 4 is 11.6 Å². The van der Waals surface area contributed by atoms with E-state index in [1.807, 2.05) is 37.4 Å². The van der Waals surface area contributed by atoms with Gasteiger partial charge in [0.25, 0.3) is 0 Å². The Morgan fingerprint density at radius 3 is 2.62 bits per heavy atom. The molecule has 0 heterocycles. The fourth-order valence-corrected chi connectivity index (χ4v) is 2.57. The largest absolute Gasteiger partial charge is 0.494 e. The molecule has 0 aromatic heterocycles. The van der Waals surface area contributed by atoms with Gasteiger partial charge in [-0.05, 0) is 49.2 Å². The van der Waals surface area contributed by atoms with Crippen LogP contribution in [0.3, 0.4) is 0 Å². The molecule has 2 aromatic carbocycles. The first-order valence-electron chi connectivity index (χ1n) is 6.87. The van der Waals surface area contributed by atoms with Crippen molar-refractivity contribution in [1.82, 2.24) is 5.32 Å². The van der Waals surface area contributed by atoms with Crippen LogP contribution in [0.1, 0.15) is 11.1 Å². The zero-order valence-corrected chi connectivity index (χ0v) is 13.0. The number of nitrogens with one attached hydrogen (secondary N) is 1. The average Bonchev–Trinajstić information content (AvgIpc) is 2.48. The number of likely N-dealkylation sites (N-methyl/N-ethyl adjacent to an activating group) is 1. The molecule has 2 rings (SSSR count). The van der Waals surface area contributed by atoms with Crippen LogP contribution in [0.5, 0.6) is 5.75 Å². The van der Waals surface area contributed by atoms with Crippen LogP contribution in [-0.2, 0) is 12.8 Å². The molecule has 1 N–H and O–H groups in total. The van der Waals surface area contributed by atoms with E-state index in [1.54, 1.807) is 12.1 Å². The standard InChI is InChI=1S/C17H19ClFNO/c1-20-15(10-12-5-3-7-14(18)9-12)11-13-6-4-8-16(21-2)17(13)19/h3-9,15,20H,10-11H2,1-2H3. The van der Waals surface area contributed by atoms with Crippen molar-refractivity contribution < 1.29 is 9.13 Å². The lowest BCUT2D eigenvalue weighted by Gasteiger charge is -2.17. The lowest BCUT2D eigenvalue weighted by Crippen LogP contribution is -2.30. The van der Waals surface area contributed by atoms with Crippen LogP contribution in [0.2, 0.25) is 5.02 Å². The molecular weight excluding hydrogens is 289 g/mol. The van der Waals surface area contributed by atoms with Gasteiger partial charge in [-0.1, -0.05) is 35.9 Å². The Kier molecular flexibility index (Phi) is 5.59. The van der Waals surface area contributed by atoms with Crippen molar-refractivity contribution in [1.29, 1.82) is 0 Å². The van der Waals surface area contributed by atoms with E-state index in [4.69, 9.17) is 16.3 Å². The third kappa shape index (κ3) is 4.19. The topological polar surface area (TPSA) is 21.3 Å². The maximum Gasteiger partial charge on any atom is 0.168 e. The summed E-state index contributed by atoms with van der Waals surface area (Å²) < 4.78 is 19.2. The molecule has 0 radical (unpaired) electrons. The number of hydrogen-bond acceptors (Lipinski definition) is 2. The Hall–Kier alpha value is -1.58.